The summed E-state index contributed by atoms with van der Waals surface area (Å²) in [6, 6.07) is 0. The Balaban J connectivity index is 1.68. The summed E-state index contributed by atoms with van der Waals surface area (Å²) in [5.74, 6) is 1.23. The first-order chi connectivity index (χ1) is 10.3. The molecule has 1 saturated heterocycles. The van der Waals surface area contributed by atoms with Gasteiger partial charge in [-0.2, -0.15) is 0 Å². The number of aromatic nitrogens is 2. The van der Waals surface area contributed by atoms with Crippen LogP contribution in [0.2, 0.25) is 0 Å². The zero-order valence-electron chi connectivity index (χ0n) is 14.0. The molecule has 124 valence electrons. The molecule has 6 heteroatoms. The Kier molecular flexibility index (Phi) is 5.58. The van der Waals surface area contributed by atoms with Gasteiger partial charge in [-0.15, -0.1) is 0 Å². The highest BCUT2D eigenvalue weighted by molar-refractivity contribution is 5.76. The largest absolute Gasteiger partial charge is 0.389 e. The molecule has 1 aliphatic rings. The number of aryl methyl sites for hydroxylation is 2. The van der Waals surface area contributed by atoms with Crippen LogP contribution in [-0.4, -0.2) is 68.7 Å². The molecule has 22 heavy (non-hydrogen) atoms. The molecular formula is C16H28N4O2. The van der Waals surface area contributed by atoms with Crippen molar-refractivity contribution in [3.8, 4) is 0 Å². The third-order valence-electron chi connectivity index (χ3n) is 4.05. The smallest absolute Gasteiger partial charge is 0.222 e. The van der Waals surface area contributed by atoms with E-state index < -0.39 is 5.60 Å². The van der Waals surface area contributed by atoms with Crippen molar-refractivity contribution in [1.29, 1.82) is 0 Å². The normalized spacial score (nSPS) is 17.0. The summed E-state index contributed by atoms with van der Waals surface area (Å²) < 4.78 is 2.08. The van der Waals surface area contributed by atoms with E-state index in [0.717, 1.165) is 45.0 Å². The van der Waals surface area contributed by atoms with Gasteiger partial charge in [0.05, 0.1) is 5.60 Å². The summed E-state index contributed by atoms with van der Waals surface area (Å²) in [5.41, 5.74) is -0.672. The third kappa shape index (κ3) is 5.10. The molecule has 1 aliphatic heterocycles. The van der Waals surface area contributed by atoms with E-state index in [1.807, 2.05) is 31.9 Å². The van der Waals surface area contributed by atoms with Crippen LogP contribution in [-0.2, 0) is 11.3 Å². The molecule has 2 heterocycles. The molecule has 0 spiro atoms. The number of nitrogens with zero attached hydrogens (tertiary/aromatic N) is 4. The monoisotopic (exact) mass is 308 g/mol. The number of hydrogen-bond donors (Lipinski definition) is 1. The Bertz CT molecular complexity index is 485. The van der Waals surface area contributed by atoms with Crippen molar-refractivity contribution in [3.63, 3.8) is 0 Å². The van der Waals surface area contributed by atoms with E-state index >= 15 is 0 Å². The Morgan fingerprint density at radius 3 is 2.55 bits per heavy atom. The summed E-state index contributed by atoms with van der Waals surface area (Å²) in [4.78, 5) is 20.6. The molecule has 0 radical (unpaired) electrons. The average Bonchev–Trinajstić information content (AvgIpc) is 2.83. The average molecular weight is 308 g/mol. The molecule has 6 nitrogen and oxygen atoms in total. The van der Waals surface area contributed by atoms with E-state index in [1.165, 1.54) is 0 Å². The van der Waals surface area contributed by atoms with Gasteiger partial charge in [0.25, 0.3) is 0 Å². The Labute approximate surface area is 132 Å². The summed E-state index contributed by atoms with van der Waals surface area (Å²) in [6.45, 7) is 10.3. The first kappa shape index (κ1) is 17.0. The van der Waals surface area contributed by atoms with Gasteiger partial charge in [0.1, 0.15) is 5.82 Å². The Morgan fingerprint density at radius 2 is 2.00 bits per heavy atom. The predicted octanol–water partition coefficient (Wildman–Crippen LogP) is 0.887. The van der Waals surface area contributed by atoms with E-state index in [1.54, 1.807) is 6.20 Å². The molecule has 1 aromatic rings. The van der Waals surface area contributed by atoms with Gasteiger partial charge in [-0.1, -0.05) is 0 Å². The lowest BCUT2D eigenvalue weighted by Crippen LogP contribution is -2.51. The molecule has 0 unspecified atom stereocenters. The van der Waals surface area contributed by atoms with E-state index in [-0.39, 0.29) is 5.91 Å². The maximum atomic E-state index is 12.2. The molecule has 0 aliphatic carbocycles. The Morgan fingerprint density at radius 1 is 1.32 bits per heavy atom. The van der Waals surface area contributed by atoms with Crippen LogP contribution < -0.4 is 0 Å². The van der Waals surface area contributed by atoms with Crippen LogP contribution in [0.5, 0.6) is 0 Å². The van der Waals surface area contributed by atoms with Crippen LogP contribution in [0.3, 0.4) is 0 Å². The maximum absolute atomic E-state index is 12.2. The maximum Gasteiger partial charge on any atom is 0.222 e. The van der Waals surface area contributed by atoms with Crippen molar-refractivity contribution in [1.82, 2.24) is 19.4 Å². The molecule has 1 amide bonds. The minimum Gasteiger partial charge on any atom is -0.389 e. The SMILES string of the molecule is Cc1nccn1CCCC(=O)N1CCN(CC(C)(C)O)CC1. The van der Waals surface area contributed by atoms with Gasteiger partial charge in [-0.05, 0) is 27.2 Å². The van der Waals surface area contributed by atoms with Gasteiger partial charge in [0.15, 0.2) is 0 Å². The summed E-state index contributed by atoms with van der Waals surface area (Å²) in [6.07, 6.45) is 5.18. The van der Waals surface area contributed by atoms with Crippen molar-refractivity contribution < 1.29 is 9.90 Å². The molecule has 0 atom stereocenters. The van der Waals surface area contributed by atoms with Crippen LogP contribution in [0.25, 0.3) is 0 Å². The van der Waals surface area contributed by atoms with E-state index in [2.05, 4.69) is 14.5 Å². The summed E-state index contributed by atoms with van der Waals surface area (Å²) in [7, 11) is 0. The second-order valence-electron chi connectivity index (χ2n) is 6.74. The zero-order valence-corrected chi connectivity index (χ0v) is 14.0. The third-order valence-corrected chi connectivity index (χ3v) is 4.05. The zero-order chi connectivity index (χ0) is 16.2. The van der Waals surface area contributed by atoms with Crippen molar-refractivity contribution >= 4 is 5.91 Å². The van der Waals surface area contributed by atoms with Gasteiger partial charge in [0.2, 0.25) is 5.91 Å². The van der Waals surface area contributed by atoms with Gasteiger partial charge in [-0.3, -0.25) is 9.69 Å². The number of β-amino-alcohol motifs (C(OH)–C–C–N with tert-alkyl or cyclic N) is 1. The molecular weight excluding hydrogens is 280 g/mol. The minimum absolute atomic E-state index is 0.237. The highest BCUT2D eigenvalue weighted by atomic mass is 16.3. The molecule has 0 bridgehead atoms. The Hall–Kier alpha value is -1.40. The van der Waals surface area contributed by atoms with Gasteiger partial charge in [-0.25, -0.2) is 4.98 Å². The summed E-state index contributed by atoms with van der Waals surface area (Å²) >= 11 is 0. The molecule has 2 rings (SSSR count). The minimum atomic E-state index is -0.672. The first-order valence-corrected chi connectivity index (χ1v) is 8.05. The number of amides is 1. The van der Waals surface area contributed by atoms with Crippen LogP contribution in [0, 0.1) is 6.92 Å². The standard InChI is InChI=1S/C16H28N4O2/c1-14-17-6-8-19(14)7-4-5-15(21)20-11-9-18(10-12-20)13-16(2,3)22/h6,8,22H,4-5,7,9-13H2,1-3H3. The molecule has 1 N–H and O–H groups in total. The lowest BCUT2D eigenvalue weighted by Gasteiger charge is -2.37. The number of carbonyl (C=O) groups excluding carboxylic acids is 1. The van der Waals surface area contributed by atoms with Gasteiger partial charge in [0, 0.05) is 58.1 Å². The van der Waals surface area contributed by atoms with Crippen molar-refractivity contribution in [2.75, 3.05) is 32.7 Å². The molecule has 0 saturated carbocycles. The van der Waals surface area contributed by atoms with Crippen LogP contribution in [0.4, 0.5) is 0 Å². The van der Waals surface area contributed by atoms with E-state index in [4.69, 9.17) is 0 Å². The van der Waals surface area contributed by atoms with Crippen molar-refractivity contribution in [2.45, 2.75) is 45.8 Å². The van der Waals surface area contributed by atoms with Crippen LogP contribution in [0.15, 0.2) is 12.4 Å². The highest BCUT2D eigenvalue weighted by Crippen LogP contribution is 2.10. The fraction of sp³-hybridized carbons (Fsp3) is 0.750. The fourth-order valence-electron chi connectivity index (χ4n) is 2.90. The van der Waals surface area contributed by atoms with Crippen LogP contribution in [0.1, 0.15) is 32.5 Å². The molecule has 1 fully saturated rings. The number of carbonyl (C=O) groups is 1. The van der Waals surface area contributed by atoms with Crippen molar-refractivity contribution in [2.24, 2.45) is 0 Å². The number of piperazine rings is 1. The number of imidazole rings is 1. The highest BCUT2D eigenvalue weighted by Gasteiger charge is 2.24. The molecule has 1 aromatic heterocycles. The number of hydrogen-bond acceptors (Lipinski definition) is 4. The molecule has 0 aromatic carbocycles. The second kappa shape index (κ2) is 7.24. The lowest BCUT2D eigenvalue weighted by molar-refractivity contribution is -0.133. The predicted molar refractivity (Wildman–Crippen MR) is 85.5 cm³/mol. The number of rotatable bonds is 6. The van der Waals surface area contributed by atoms with Crippen molar-refractivity contribution in [3.05, 3.63) is 18.2 Å². The van der Waals surface area contributed by atoms with Crippen LogP contribution >= 0.6 is 0 Å². The second-order valence-corrected chi connectivity index (χ2v) is 6.74. The fourth-order valence-corrected chi connectivity index (χ4v) is 2.90. The summed E-state index contributed by atoms with van der Waals surface area (Å²) in [5, 5.41) is 9.84. The first-order valence-electron chi connectivity index (χ1n) is 8.05. The number of aliphatic hydroxyl groups is 1. The topological polar surface area (TPSA) is 61.6 Å². The lowest BCUT2D eigenvalue weighted by atomic mass is 10.1. The van der Waals surface area contributed by atoms with Gasteiger partial charge < -0.3 is 14.6 Å². The quantitative estimate of drug-likeness (QED) is 0.848. The van der Waals surface area contributed by atoms with E-state index in [9.17, 15) is 9.90 Å². The van der Waals surface area contributed by atoms with Gasteiger partial charge >= 0.3 is 0 Å². The van der Waals surface area contributed by atoms with E-state index in [0.29, 0.717) is 13.0 Å².